The molecule has 1 heterocycles. The van der Waals surface area contributed by atoms with Crippen LogP contribution in [0.3, 0.4) is 0 Å². The Labute approximate surface area is 161 Å². The summed E-state index contributed by atoms with van der Waals surface area (Å²) in [5.41, 5.74) is 5.26. The minimum Gasteiger partial charge on any atom is -0.497 e. The van der Waals surface area contributed by atoms with E-state index in [-0.39, 0.29) is 5.91 Å². The Morgan fingerprint density at radius 3 is 2.26 bits per heavy atom. The van der Waals surface area contributed by atoms with Crippen molar-refractivity contribution < 1.29 is 9.53 Å². The second-order valence-corrected chi connectivity index (χ2v) is 7.09. The van der Waals surface area contributed by atoms with Gasteiger partial charge in [-0.25, -0.2) is 0 Å². The van der Waals surface area contributed by atoms with Crippen LogP contribution in [0.15, 0.2) is 42.5 Å². The van der Waals surface area contributed by atoms with Crippen LogP contribution in [0.4, 0.5) is 11.4 Å². The van der Waals surface area contributed by atoms with Gasteiger partial charge < -0.3 is 15.0 Å². The highest BCUT2D eigenvalue weighted by atomic mass is 16.5. The summed E-state index contributed by atoms with van der Waals surface area (Å²) in [7, 11) is 1.66. The molecule has 0 saturated carbocycles. The van der Waals surface area contributed by atoms with Crippen LogP contribution < -0.4 is 15.0 Å². The van der Waals surface area contributed by atoms with Crippen molar-refractivity contribution in [2.75, 3.05) is 30.4 Å². The van der Waals surface area contributed by atoms with Crippen molar-refractivity contribution in [2.45, 2.75) is 33.1 Å². The number of hydrogen-bond donors (Lipinski definition) is 1. The Balaban J connectivity index is 1.63. The maximum Gasteiger partial charge on any atom is 0.248 e. The molecule has 0 aliphatic carbocycles. The molecule has 0 aromatic heterocycles. The molecular weight excluding hydrogens is 336 g/mol. The van der Waals surface area contributed by atoms with Crippen LogP contribution in [0.2, 0.25) is 0 Å². The largest absolute Gasteiger partial charge is 0.497 e. The molecule has 0 spiro atoms. The molecule has 27 heavy (non-hydrogen) atoms. The Kier molecular flexibility index (Phi) is 6.17. The highest BCUT2D eigenvalue weighted by Crippen LogP contribution is 2.24. The van der Waals surface area contributed by atoms with E-state index < -0.39 is 0 Å². The van der Waals surface area contributed by atoms with E-state index in [0.717, 1.165) is 41.2 Å². The zero-order valence-corrected chi connectivity index (χ0v) is 16.4. The van der Waals surface area contributed by atoms with Gasteiger partial charge in [0, 0.05) is 30.5 Å². The SMILES string of the molecule is COc1cc(C)c(/C=C/C(=O)Nc2ccc(N3CCCCC3)cc2)c(C)c1. The maximum absolute atomic E-state index is 12.3. The molecule has 0 radical (unpaired) electrons. The normalized spacial score (nSPS) is 14.4. The number of nitrogens with zero attached hydrogens (tertiary/aromatic N) is 1. The molecule has 0 bridgehead atoms. The van der Waals surface area contributed by atoms with Crippen molar-refractivity contribution in [2.24, 2.45) is 0 Å². The first-order valence-electron chi connectivity index (χ1n) is 9.56. The molecule has 4 nitrogen and oxygen atoms in total. The quantitative estimate of drug-likeness (QED) is 0.763. The monoisotopic (exact) mass is 364 g/mol. The highest BCUT2D eigenvalue weighted by molar-refractivity contribution is 6.02. The van der Waals surface area contributed by atoms with E-state index in [2.05, 4.69) is 22.3 Å². The molecule has 1 N–H and O–H groups in total. The first-order chi connectivity index (χ1) is 13.1. The molecule has 0 atom stereocenters. The molecule has 2 aromatic carbocycles. The first-order valence-corrected chi connectivity index (χ1v) is 9.56. The number of carbonyl (C=O) groups is 1. The lowest BCUT2D eigenvalue weighted by Gasteiger charge is -2.28. The lowest BCUT2D eigenvalue weighted by molar-refractivity contribution is -0.111. The van der Waals surface area contributed by atoms with Crippen molar-refractivity contribution in [1.82, 2.24) is 0 Å². The summed E-state index contributed by atoms with van der Waals surface area (Å²) in [4.78, 5) is 14.7. The van der Waals surface area contributed by atoms with Crippen LogP contribution >= 0.6 is 0 Å². The summed E-state index contributed by atoms with van der Waals surface area (Å²) in [5.74, 6) is 0.704. The Bertz CT molecular complexity index is 796. The number of benzene rings is 2. The lowest BCUT2D eigenvalue weighted by Crippen LogP contribution is -2.29. The smallest absolute Gasteiger partial charge is 0.248 e. The summed E-state index contributed by atoms with van der Waals surface area (Å²) in [6, 6.07) is 12.1. The number of piperidine rings is 1. The number of aryl methyl sites for hydroxylation is 2. The molecule has 1 aliphatic rings. The van der Waals surface area contributed by atoms with Gasteiger partial charge in [0.25, 0.3) is 0 Å². The van der Waals surface area contributed by atoms with Gasteiger partial charge in [0.15, 0.2) is 0 Å². The van der Waals surface area contributed by atoms with Crippen molar-refractivity contribution in [3.05, 3.63) is 59.2 Å². The van der Waals surface area contributed by atoms with Crippen LogP contribution in [0.25, 0.3) is 6.08 Å². The van der Waals surface area contributed by atoms with Crippen molar-refractivity contribution in [1.29, 1.82) is 0 Å². The first kappa shape index (κ1) is 19.0. The molecule has 0 unspecified atom stereocenters. The fraction of sp³-hybridized carbons (Fsp3) is 0.348. The van der Waals surface area contributed by atoms with Crippen LogP contribution in [-0.2, 0) is 4.79 Å². The van der Waals surface area contributed by atoms with E-state index in [4.69, 9.17) is 4.74 Å². The average molecular weight is 364 g/mol. The topological polar surface area (TPSA) is 41.6 Å². The van der Waals surface area contributed by atoms with Crippen LogP contribution in [0, 0.1) is 13.8 Å². The number of carbonyl (C=O) groups excluding carboxylic acids is 1. The minimum absolute atomic E-state index is 0.129. The van der Waals surface area contributed by atoms with Gasteiger partial charge in [-0.15, -0.1) is 0 Å². The van der Waals surface area contributed by atoms with E-state index in [1.165, 1.54) is 24.9 Å². The predicted molar refractivity (Wildman–Crippen MR) is 113 cm³/mol. The second-order valence-electron chi connectivity index (χ2n) is 7.09. The number of nitrogens with one attached hydrogen (secondary N) is 1. The van der Waals surface area contributed by atoms with Gasteiger partial charge in [-0.3, -0.25) is 4.79 Å². The zero-order valence-electron chi connectivity index (χ0n) is 16.4. The number of amides is 1. The van der Waals surface area contributed by atoms with Crippen molar-refractivity contribution in [3.8, 4) is 5.75 Å². The second kappa shape index (κ2) is 8.76. The summed E-state index contributed by atoms with van der Waals surface area (Å²) < 4.78 is 5.28. The molecule has 4 heteroatoms. The third-order valence-corrected chi connectivity index (χ3v) is 5.06. The summed E-state index contributed by atoms with van der Waals surface area (Å²) in [6.45, 7) is 6.28. The van der Waals surface area contributed by atoms with Crippen LogP contribution in [0.5, 0.6) is 5.75 Å². The minimum atomic E-state index is -0.129. The summed E-state index contributed by atoms with van der Waals surface area (Å²) >= 11 is 0. The lowest BCUT2D eigenvalue weighted by atomic mass is 10.0. The van der Waals surface area contributed by atoms with Gasteiger partial charge in [-0.05, 0) is 92.3 Å². The summed E-state index contributed by atoms with van der Waals surface area (Å²) in [5, 5.41) is 2.93. The Morgan fingerprint density at radius 1 is 1.04 bits per heavy atom. The van der Waals surface area contributed by atoms with Gasteiger partial charge in [-0.1, -0.05) is 0 Å². The van der Waals surface area contributed by atoms with E-state index in [1.54, 1.807) is 13.2 Å². The van der Waals surface area contributed by atoms with E-state index in [0.29, 0.717) is 0 Å². The molecular formula is C23H28N2O2. The zero-order chi connectivity index (χ0) is 19.2. The van der Waals surface area contributed by atoms with Gasteiger partial charge in [0.05, 0.1) is 7.11 Å². The highest BCUT2D eigenvalue weighted by Gasteiger charge is 2.10. The summed E-state index contributed by atoms with van der Waals surface area (Å²) in [6.07, 6.45) is 7.28. The third kappa shape index (κ3) is 4.91. The van der Waals surface area contributed by atoms with E-state index in [9.17, 15) is 4.79 Å². The van der Waals surface area contributed by atoms with E-state index >= 15 is 0 Å². The Hall–Kier alpha value is -2.75. The fourth-order valence-electron chi connectivity index (χ4n) is 3.57. The molecule has 2 aromatic rings. The van der Waals surface area contributed by atoms with E-state index in [1.807, 2.05) is 44.2 Å². The molecule has 142 valence electrons. The van der Waals surface area contributed by atoms with Gasteiger partial charge in [0.1, 0.15) is 5.75 Å². The van der Waals surface area contributed by atoms with Gasteiger partial charge in [-0.2, -0.15) is 0 Å². The number of anilines is 2. The molecule has 1 fully saturated rings. The van der Waals surface area contributed by atoms with Gasteiger partial charge >= 0.3 is 0 Å². The molecule has 3 rings (SSSR count). The van der Waals surface area contributed by atoms with Gasteiger partial charge in [0.2, 0.25) is 5.91 Å². The number of methoxy groups -OCH3 is 1. The average Bonchev–Trinajstić information content (AvgIpc) is 2.68. The maximum atomic E-state index is 12.3. The predicted octanol–water partition coefficient (Wildman–Crippen LogP) is 4.95. The Morgan fingerprint density at radius 2 is 1.67 bits per heavy atom. The fourth-order valence-corrected chi connectivity index (χ4v) is 3.57. The van der Waals surface area contributed by atoms with Crippen molar-refractivity contribution in [3.63, 3.8) is 0 Å². The molecule has 1 saturated heterocycles. The number of rotatable bonds is 5. The molecule has 1 aliphatic heterocycles. The van der Waals surface area contributed by atoms with Crippen LogP contribution in [0.1, 0.15) is 36.0 Å². The standard InChI is InChI=1S/C23H28N2O2/c1-17-15-21(27-3)16-18(2)22(17)11-12-23(26)24-19-7-9-20(10-8-19)25-13-5-4-6-14-25/h7-12,15-16H,4-6,13-14H2,1-3H3,(H,24,26)/b12-11+. The third-order valence-electron chi connectivity index (χ3n) is 5.06. The van der Waals surface area contributed by atoms with Crippen LogP contribution in [-0.4, -0.2) is 26.1 Å². The molecule has 1 amide bonds. The van der Waals surface area contributed by atoms with Crippen molar-refractivity contribution >= 4 is 23.4 Å². The number of hydrogen-bond acceptors (Lipinski definition) is 3. The number of ether oxygens (including phenoxy) is 1.